The fourth-order valence-electron chi connectivity index (χ4n) is 2.33. The van der Waals surface area contributed by atoms with E-state index in [0.717, 1.165) is 29.1 Å². The monoisotopic (exact) mass is 331 g/mol. The summed E-state index contributed by atoms with van der Waals surface area (Å²) in [5.41, 5.74) is 3.00. The molecule has 0 unspecified atom stereocenters. The first-order chi connectivity index (χ1) is 10.7. The molecule has 3 nitrogen and oxygen atoms in total. The van der Waals surface area contributed by atoms with Gasteiger partial charge in [-0.25, -0.2) is 4.98 Å². The summed E-state index contributed by atoms with van der Waals surface area (Å²) in [4.78, 5) is 8.87. The maximum absolute atomic E-state index is 6.28. The summed E-state index contributed by atoms with van der Waals surface area (Å²) in [6.07, 6.45) is 6.51. The number of nitrogens with zero attached hydrogens (tertiary/aromatic N) is 3. The zero-order chi connectivity index (χ0) is 15.5. The van der Waals surface area contributed by atoms with Gasteiger partial charge in [-0.3, -0.25) is 4.98 Å². The maximum Gasteiger partial charge on any atom is 0.142 e. The van der Waals surface area contributed by atoms with E-state index in [1.54, 1.807) is 12.3 Å². The van der Waals surface area contributed by atoms with Gasteiger partial charge in [-0.1, -0.05) is 30.1 Å². The number of hydrogen-bond donors (Lipinski definition) is 0. The Balaban J connectivity index is 2.03. The Labute approximate surface area is 139 Å². The van der Waals surface area contributed by atoms with Crippen molar-refractivity contribution in [2.24, 2.45) is 0 Å². The Morgan fingerprint density at radius 2 is 2.05 bits per heavy atom. The molecule has 0 atom stereocenters. The molecule has 22 heavy (non-hydrogen) atoms. The number of halogens is 2. The van der Waals surface area contributed by atoms with E-state index in [9.17, 15) is 0 Å². The Kier molecular flexibility index (Phi) is 4.46. The van der Waals surface area contributed by atoms with Crippen molar-refractivity contribution in [2.75, 3.05) is 0 Å². The van der Waals surface area contributed by atoms with Gasteiger partial charge in [0.15, 0.2) is 0 Å². The smallest absolute Gasteiger partial charge is 0.142 e. The highest BCUT2D eigenvalue weighted by atomic mass is 35.5. The van der Waals surface area contributed by atoms with Crippen LogP contribution in [0.25, 0.3) is 11.4 Å². The van der Waals surface area contributed by atoms with Crippen molar-refractivity contribution in [1.29, 1.82) is 0 Å². The van der Waals surface area contributed by atoms with E-state index in [2.05, 4.69) is 22.7 Å². The van der Waals surface area contributed by atoms with Gasteiger partial charge in [0.25, 0.3) is 0 Å². The van der Waals surface area contributed by atoms with Gasteiger partial charge in [0.1, 0.15) is 5.82 Å². The van der Waals surface area contributed by atoms with Crippen molar-refractivity contribution >= 4 is 23.2 Å². The minimum atomic E-state index is 0.622. The molecule has 2 heterocycles. The van der Waals surface area contributed by atoms with Gasteiger partial charge < -0.3 is 4.57 Å². The van der Waals surface area contributed by atoms with Crippen LogP contribution in [0, 0.1) is 0 Å². The van der Waals surface area contributed by atoms with Crippen LogP contribution in [-0.4, -0.2) is 14.5 Å². The quantitative estimate of drug-likeness (QED) is 0.683. The topological polar surface area (TPSA) is 30.7 Å². The van der Waals surface area contributed by atoms with Crippen molar-refractivity contribution < 1.29 is 0 Å². The third-order valence-electron chi connectivity index (χ3n) is 3.46. The zero-order valence-corrected chi connectivity index (χ0v) is 13.6. The molecular formula is C17H15Cl2N3. The van der Waals surface area contributed by atoms with E-state index in [1.807, 2.05) is 30.5 Å². The second kappa shape index (κ2) is 6.51. The highest BCUT2D eigenvalue weighted by Gasteiger charge is 2.11. The van der Waals surface area contributed by atoms with E-state index in [0.29, 0.717) is 16.6 Å². The van der Waals surface area contributed by atoms with E-state index in [1.165, 1.54) is 0 Å². The standard InChI is InChI=1S/C17H15Cl2N3/c1-2-15-11-22(10-13-8-14(18)5-6-16(13)19)17(21-15)12-4-3-7-20-9-12/h3-9,11H,2,10H2,1H3. The average Bonchev–Trinajstić information content (AvgIpc) is 2.95. The van der Waals surface area contributed by atoms with Crippen LogP contribution >= 0.6 is 23.2 Å². The lowest BCUT2D eigenvalue weighted by molar-refractivity contribution is 0.805. The molecule has 0 spiro atoms. The van der Waals surface area contributed by atoms with E-state index < -0.39 is 0 Å². The normalized spacial score (nSPS) is 10.9. The van der Waals surface area contributed by atoms with E-state index >= 15 is 0 Å². The van der Waals surface area contributed by atoms with Crippen molar-refractivity contribution in [3.8, 4) is 11.4 Å². The molecule has 1 aromatic carbocycles. The van der Waals surface area contributed by atoms with Gasteiger partial charge in [-0.2, -0.15) is 0 Å². The number of benzene rings is 1. The Morgan fingerprint density at radius 3 is 2.77 bits per heavy atom. The Bertz CT molecular complexity index is 782. The lowest BCUT2D eigenvalue weighted by Gasteiger charge is -2.09. The summed E-state index contributed by atoms with van der Waals surface area (Å²) in [5, 5.41) is 1.38. The second-order valence-corrected chi connectivity index (χ2v) is 5.86. The van der Waals surface area contributed by atoms with Gasteiger partial charge in [0.05, 0.1) is 12.2 Å². The van der Waals surface area contributed by atoms with E-state index in [-0.39, 0.29) is 0 Å². The fourth-order valence-corrected chi connectivity index (χ4v) is 2.71. The van der Waals surface area contributed by atoms with Gasteiger partial charge in [0, 0.05) is 34.2 Å². The molecule has 0 amide bonds. The molecule has 0 aliphatic carbocycles. The predicted molar refractivity (Wildman–Crippen MR) is 90.4 cm³/mol. The number of pyridine rings is 1. The molecule has 0 fully saturated rings. The van der Waals surface area contributed by atoms with Gasteiger partial charge >= 0.3 is 0 Å². The molecule has 0 bridgehead atoms. The van der Waals surface area contributed by atoms with Crippen molar-refractivity contribution in [1.82, 2.24) is 14.5 Å². The molecule has 3 rings (SSSR count). The first-order valence-corrected chi connectivity index (χ1v) is 7.83. The number of aromatic nitrogens is 3. The van der Waals surface area contributed by atoms with E-state index in [4.69, 9.17) is 28.2 Å². The summed E-state index contributed by atoms with van der Waals surface area (Å²) < 4.78 is 2.09. The molecule has 0 N–H and O–H groups in total. The van der Waals surface area contributed by atoms with Crippen LogP contribution in [0.3, 0.4) is 0 Å². The molecule has 0 aliphatic rings. The van der Waals surface area contributed by atoms with Crippen LogP contribution in [0.15, 0.2) is 48.9 Å². The number of aryl methyl sites for hydroxylation is 1. The summed E-state index contributed by atoms with van der Waals surface area (Å²) in [7, 11) is 0. The summed E-state index contributed by atoms with van der Waals surface area (Å²) >= 11 is 12.4. The van der Waals surface area contributed by atoms with Crippen molar-refractivity contribution in [2.45, 2.75) is 19.9 Å². The second-order valence-electron chi connectivity index (χ2n) is 5.01. The molecule has 3 aromatic rings. The van der Waals surface area contributed by atoms with Gasteiger partial charge in [0.2, 0.25) is 0 Å². The van der Waals surface area contributed by atoms with Crippen LogP contribution in [0.1, 0.15) is 18.2 Å². The number of hydrogen-bond acceptors (Lipinski definition) is 2. The van der Waals surface area contributed by atoms with Crippen molar-refractivity contribution in [3.63, 3.8) is 0 Å². The highest BCUT2D eigenvalue weighted by molar-refractivity contribution is 6.33. The molecule has 2 aromatic heterocycles. The minimum absolute atomic E-state index is 0.622. The average molecular weight is 332 g/mol. The maximum atomic E-state index is 6.28. The molecular weight excluding hydrogens is 317 g/mol. The summed E-state index contributed by atoms with van der Waals surface area (Å²) in [6, 6.07) is 9.42. The molecule has 0 saturated heterocycles. The summed E-state index contributed by atoms with van der Waals surface area (Å²) in [6.45, 7) is 2.71. The Morgan fingerprint density at radius 1 is 1.18 bits per heavy atom. The summed E-state index contributed by atoms with van der Waals surface area (Å²) in [5.74, 6) is 0.890. The van der Waals surface area contributed by atoms with Crippen LogP contribution in [0.2, 0.25) is 10.0 Å². The number of rotatable bonds is 4. The van der Waals surface area contributed by atoms with Crippen LogP contribution in [-0.2, 0) is 13.0 Å². The first kappa shape index (κ1) is 15.1. The zero-order valence-electron chi connectivity index (χ0n) is 12.1. The molecule has 5 heteroatoms. The van der Waals surface area contributed by atoms with Crippen LogP contribution < -0.4 is 0 Å². The highest BCUT2D eigenvalue weighted by Crippen LogP contribution is 2.25. The predicted octanol–water partition coefficient (Wildman–Crippen LogP) is 4.86. The Hall–Kier alpha value is -1.84. The number of imidazole rings is 1. The van der Waals surface area contributed by atoms with Crippen molar-refractivity contribution in [3.05, 3.63) is 70.2 Å². The molecule has 0 saturated carbocycles. The lowest BCUT2D eigenvalue weighted by Crippen LogP contribution is -2.02. The fraction of sp³-hybridized carbons (Fsp3) is 0.176. The first-order valence-electron chi connectivity index (χ1n) is 7.07. The SMILES string of the molecule is CCc1cn(Cc2cc(Cl)ccc2Cl)c(-c2cccnc2)n1. The van der Waals surface area contributed by atoms with Gasteiger partial charge in [-0.15, -0.1) is 0 Å². The van der Waals surface area contributed by atoms with Crippen LogP contribution in [0.5, 0.6) is 0 Å². The third-order valence-corrected chi connectivity index (χ3v) is 4.06. The minimum Gasteiger partial charge on any atom is -0.326 e. The molecule has 0 radical (unpaired) electrons. The van der Waals surface area contributed by atoms with Crippen LogP contribution in [0.4, 0.5) is 0 Å². The molecule has 112 valence electrons. The lowest BCUT2D eigenvalue weighted by atomic mass is 10.2. The van der Waals surface area contributed by atoms with Gasteiger partial charge in [-0.05, 0) is 42.3 Å². The largest absolute Gasteiger partial charge is 0.326 e. The molecule has 0 aliphatic heterocycles. The third kappa shape index (κ3) is 3.16.